The fourth-order valence-electron chi connectivity index (χ4n) is 1.65. The van der Waals surface area contributed by atoms with Gasteiger partial charge in [0.2, 0.25) is 12.3 Å². The lowest BCUT2D eigenvalue weighted by Gasteiger charge is -1.99. The van der Waals surface area contributed by atoms with Crippen LogP contribution < -0.4 is 4.57 Å². The minimum atomic E-state index is -0.0135. The Morgan fingerprint density at radius 2 is 1.88 bits per heavy atom. The smallest absolute Gasteiger partial charge is 0.227 e. The van der Waals surface area contributed by atoms with Gasteiger partial charge < -0.3 is 5.11 Å². The Hall–Kier alpha value is -2.00. The summed E-state index contributed by atoms with van der Waals surface area (Å²) in [6.07, 6.45) is 3.60. The van der Waals surface area contributed by atoms with Gasteiger partial charge in [-0.25, -0.2) is 0 Å². The molecule has 0 radical (unpaired) electrons. The SMILES string of the molecule is O=C(C[n+]1cccc(CO)c1)c1ccccc1. The third-order valence-corrected chi connectivity index (χ3v) is 2.52. The first-order valence-electron chi connectivity index (χ1n) is 5.46. The molecule has 1 N–H and O–H groups in total. The van der Waals surface area contributed by atoms with Gasteiger partial charge in [0.1, 0.15) is 0 Å². The quantitative estimate of drug-likeness (QED) is 0.634. The Balaban J connectivity index is 2.13. The molecule has 17 heavy (non-hydrogen) atoms. The zero-order chi connectivity index (χ0) is 12.1. The zero-order valence-corrected chi connectivity index (χ0v) is 9.41. The zero-order valence-electron chi connectivity index (χ0n) is 9.41. The number of hydrogen-bond acceptors (Lipinski definition) is 2. The molecular formula is C14H14NO2+. The number of carbonyl (C=O) groups excluding carboxylic acids is 1. The summed E-state index contributed by atoms with van der Waals surface area (Å²) >= 11 is 0. The van der Waals surface area contributed by atoms with Gasteiger partial charge in [0.25, 0.3) is 0 Å². The lowest BCUT2D eigenvalue weighted by atomic mass is 10.1. The van der Waals surface area contributed by atoms with E-state index in [1.165, 1.54) is 0 Å². The van der Waals surface area contributed by atoms with Crippen LogP contribution >= 0.6 is 0 Å². The summed E-state index contributed by atoms with van der Waals surface area (Å²) in [5.74, 6) is 0.0608. The number of ketones is 1. The first kappa shape index (κ1) is 11.5. The Morgan fingerprint density at radius 3 is 2.59 bits per heavy atom. The maximum Gasteiger partial charge on any atom is 0.227 e. The van der Waals surface area contributed by atoms with Crippen LogP contribution in [0.4, 0.5) is 0 Å². The number of carbonyl (C=O) groups is 1. The van der Waals surface area contributed by atoms with Crippen molar-refractivity contribution in [2.45, 2.75) is 13.2 Å². The highest BCUT2D eigenvalue weighted by Crippen LogP contribution is 2.00. The van der Waals surface area contributed by atoms with Crippen molar-refractivity contribution >= 4 is 5.78 Å². The fourth-order valence-corrected chi connectivity index (χ4v) is 1.65. The molecule has 0 bridgehead atoms. The second-order valence-electron chi connectivity index (χ2n) is 3.83. The number of Topliss-reactive ketones (excluding diaryl/α,β-unsaturated/α-hetero) is 1. The van der Waals surface area contributed by atoms with Crippen LogP contribution in [0.15, 0.2) is 54.9 Å². The van der Waals surface area contributed by atoms with Gasteiger partial charge in [0.15, 0.2) is 12.4 Å². The molecule has 0 aliphatic heterocycles. The Bertz CT molecular complexity index is 509. The van der Waals surface area contributed by atoms with E-state index in [4.69, 9.17) is 5.11 Å². The predicted molar refractivity (Wildman–Crippen MR) is 63.3 cm³/mol. The van der Waals surface area contributed by atoms with Crippen molar-refractivity contribution in [1.82, 2.24) is 0 Å². The molecule has 2 aromatic rings. The third kappa shape index (κ3) is 2.98. The van der Waals surface area contributed by atoms with Crippen molar-refractivity contribution in [1.29, 1.82) is 0 Å². The Morgan fingerprint density at radius 1 is 1.12 bits per heavy atom. The highest BCUT2D eigenvalue weighted by Gasteiger charge is 2.11. The number of aliphatic hydroxyl groups is 1. The van der Waals surface area contributed by atoms with Crippen molar-refractivity contribution in [3.63, 3.8) is 0 Å². The van der Waals surface area contributed by atoms with E-state index in [-0.39, 0.29) is 18.9 Å². The number of aromatic nitrogens is 1. The Labute approximate surface area is 100.0 Å². The van der Waals surface area contributed by atoms with Crippen LogP contribution in [0.2, 0.25) is 0 Å². The summed E-state index contributed by atoms with van der Waals surface area (Å²) in [4.78, 5) is 11.9. The molecule has 0 aliphatic rings. The molecule has 0 saturated carbocycles. The van der Waals surface area contributed by atoms with Gasteiger partial charge in [-0.2, -0.15) is 4.57 Å². The van der Waals surface area contributed by atoms with Crippen LogP contribution in [0, 0.1) is 0 Å². The minimum absolute atomic E-state index is 0.0135. The number of hydrogen-bond donors (Lipinski definition) is 1. The molecule has 0 fully saturated rings. The van der Waals surface area contributed by atoms with Crippen molar-refractivity contribution in [2.24, 2.45) is 0 Å². The first-order chi connectivity index (χ1) is 8.29. The van der Waals surface area contributed by atoms with Gasteiger partial charge in [-0.05, 0) is 6.07 Å². The molecular weight excluding hydrogens is 214 g/mol. The van der Waals surface area contributed by atoms with Crippen LogP contribution in [-0.2, 0) is 13.2 Å². The largest absolute Gasteiger partial charge is 0.391 e. The molecule has 0 atom stereocenters. The van der Waals surface area contributed by atoms with Crippen LogP contribution in [0.25, 0.3) is 0 Å². The first-order valence-corrected chi connectivity index (χ1v) is 5.46. The van der Waals surface area contributed by atoms with Crippen molar-refractivity contribution in [2.75, 3.05) is 0 Å². The summed E-state index contributed by atoms with van der Waals surface area (Å²) in [6.45, 7) is 0.276. The van der Waals surface area contributed by atoms with Crippen LogP contribution in [-0.4, -0.2) is 10.9 Å². The highest BCUT2D eigenvalue weighted by molar-refractivity contribution is 5.94. The maximum atomic E-state index is 11.9. The normalized spacial score (nSPS) is 10.2. The van der Waals surface area contributed by atoms with Crippen LogP contribution in [0.5, 0.6) is 0 Å². The van der Waals surface area contributed by atoms with E-state index in [1.807, 2.05) is 36.5 Å². The van der Waals surface area contributed by atoms with Gasteiger partial charge in [-0.3, -0.25) is 4.79 Å². The van der Waals surface area contributed by atoms with Gasteiger partial charge >= 0.3 is 0 Å². The standard InChI is InChI=1S/C14H14NO2/c16-11-12-5-4-8-15(9-12)10-14(17)13-6-2-1-3-7-13/h1-9,16H,10-11H2/q+1. The molecule has 1 aromatic heterocycles. The van der Waals surface area contributed by atoms with Gasteiger partial charge in [-0.15, -0.1) is 0 Å². The lowest BCUT2D eigenvalue weighted by Crippen LogP contribution is -2.37. The second-order valence-corrected chi connectivity index (χ2v) is 3.83. The molecule has 0 aliphatic carbocycles. The van der Waals surface area contributed by atoms with Gasteiger partial charge in [-0.1, -0.05) is 30.3 Å². The Kier molecular flexibility index (Phi) is 3.62. The third-order valence-electron chi connectivity index (χ3n) is 2.52. The molecule has 86 valence electrons. The van der Waals surface area contributed by atoms with E-state index in [1.54, 1.807) is 22.9 Å². The number of benzene rings is 1. The number of pyridine rings is 1. The summed E-state index contributed by atoms with van der Waals surface area (Å²) < 4.78 is 1.78. The fraction of sp³-hybridized carbons (Fsp3) is 0.143. The molecule has 0 amide bonds. The number of aliphatic hydroxyl groups excluding tert-OH is 1. The van der Waals surface area contributed by atoms with Gasteiger partial charge in [0.05, 0.1) is 6.61 Å². The highest BCUT2D eigenvalue weighted by atomic mass is 16.3. The molecule has 0 spiro atoms. The van der Waals surface area contributed by atoms with E-state index >= 15 is 0 Å². The summed E-state index contributed by atoms with van der Waals surface area (Å²) in [7, 11) is 0. The molecule has 1 aromatic carbocycles. The number of rotatable bonds is 4. The van der Waals surface area contributed by atoms with E-state index in [2.05, 4.69) is 0 Å². The maximum absolute atomic E-state index is 11.9. The van der Waals surface area contributed by atoms with E-state index in [9.17, 15) is 4.79 Å². The molecule has 3 nitrogen and oxygen atoms in total. The molecule has 1 heterocycles. The van der Waals surface area contributed by atoms with Crippen LogP contribution in [0.3, 0.4) is 0 Å². The average molecular weight is 228 g/mol. The van der Waals surface area contributed by atoms with E-state index in [0.29, 0.717) is 5.56 Å². The van der Waals surface area contributed by atoms with E-state index < -0.39 is 0 Å². The molecule has 0 saturated heterocycles. The predicted octanol–water partition coefficient (Wildman–Crippen LogP) is 1.35. The topological polar surface area (TPSA) is 41.2 Å². The lowest BCUT2D eigenvalue weighted by molar-refractivity contribution is -0.683. The van der Waals surface area contributed by atoms with Crippen molar-refractivity contribution < 1.29 is 14.5 Å². The molecule has 2 rings (SSSR count). The van der Waals surface area contributed by atoms with Crippen molar-refractivity contribution in [3.8, 4) is 0 Å². The molecule has 0 unspecified atom stereocenters. The monoisotopic (exact) mass is 228 g/mol. The summed E-state index contributed by atoms with van der Waals surface area (Å²) in [6, 6.07) is 12.8. The average Bonchev–Trinajstić information content (AvgIpc) is 2.40. The second kappa shape index (κ2) is 5.37. The summed E-state index contributed by atoms with van der Waals surface area (Å²) in [5, 5.41) is 9.01. The number of nitrogens with zero attached hydrogens (tertiary/aromatic N) is 1. The minimum Gasteiger partial charge on any atom is -0.391 e. The molecule has 3 heteroatoms. The van der Waals surface area contributed by atoms with Crippen molar-refractivity contribution in [3.05, 3.63) is 66.0 Å². The van der Waals surface area contributed by atoms with Gasteiger partial charge in [0, 0.05) is 17.2 Å². The van der Waals surface area contributed by atoms with Crippen LogP contribution in [0.1, 0.15) is 15.9 Å². The van der Waals surface area contributed by atoms with E-state index in [0.717, 1.165) is 5.56 Å². The summed E-state index contributed by atoms with van der Waals surface area (Å²) in [5.41, 5.74) is 1.50.